The van der Waals surface area contributed by atoms with Crippen molar-refractivity contribution in [3.05, 3.63) is 35.4 Å². The third-order valence-corrected chi connectivity index (χ3v) is 2.86. The maximum absolute atomic E-state index is 10.5. The number of aliphatic hydroxyl groups excluding tert-OH is 1. The first kappa shape index (κ1) is 10.4. The Labute approximate surface area is 90.0 Å². The van der Waals surface area contributed by atoms with Gasteiger partial charge >= 0.3 is 0 Å². The topological polar surface area (TPSA) is 40.5 Å². The van der Waals surface area contributed by atoms with Crippen LogP contribution in [0.1, 0.15) is 11.1 Å². The second-order valence-corrected chi connectivity index (χ2v) is 3.77. The number of hydrogen-bond donors (Lipinski definition) is 1. The van der Waals surface area contributed by atoms with Crippen molar-refractivity contribution in [2.75, 3.05) is 6.61 Å². The predicted octanol–water partition coefficient (Wildman–Crippen LogP) is 0.215. The number of benzene rings is 1. The molecule has 1 atom stereocenters. The highest BCUT2D eigenvalue weighted by molar-refractivity contribution is 6.64. The number of carbonyl (C=O) groups is 1. The zero-order chi connectivity index (χ0) is 10.7. The van der Waals surface area contributed by atoms with Gasteiger partial charge in [0.1, 0.15) is 0 Å². The number of nitrogens with zero attached hydrogens (tertiary/aromatic N) is 1. The van der Waals surface area contributed by atoms with Crippen LogP contribution in [0.15, 0.2) is 24.3 Å². The van der Waals surface area contributed by atoms with Crippen molar-refractivity contribution in [3.8, 4) is 0 Å². The molecular weight excluding hydrogens is 189 g/mol. The second-order valence-electron chi connectivity index (χ2n) is 3.77. The molecule has 0 bridgehead atoms. The average molecular weight is 202 g/mol. The maximum atomic E-state index is 10.5. The van der Waals surface area contributed by atoms with E-state index in [1.165, 1.54) is 18.5 Å². The highest BCUT2D eigenvalue weighted by Gasteiger charge is 2.24. The second kappa shape index (κ2) is 4.60. The normalized spacial score (nSPS) is 20.7. The minimum atomic E-state index is 0.0325. The maximum Gasteiger partial charge on any atom is 0.293 e. The van der Waals surface area contributed by atoms with Gasteiger partial charge < -0.3 is 14.7 Å². The molecule has 77 valence electrons. The molecule has 0 fully saturated rings. The standard InChI is InChI=1S/C11H13BNO2/c14-7-11-5-9-3-1-2-4-10(9)6-13(11)12-8-15/h1-4,8,11,14H,5-7H2/t11-/m0/s1. The molecule has 0 spiro atoms. The van der Waals surface area contributed by atoms with Gasteiger partial charge in [-0.3, -0.25) is 0 Å². The Bertz CT molecular complexity index is 356. The van der Waals surface area contributed by atoms with Gasteiger partial charge in [-0.2, -0.15) is 0 Å². The van der Waals surface area contributed by atoms with E-state index in [0.29, 0.717) is 6.54 Å². The Hall–Kier alpha value is -1.13. The minimum Gasteiger partial charge on any atom is -0.395 e. The van der Waals surface area contributed by atoms with Crippen molar-refractivity contribution >= 4 is 13.6 Å². The van der Waals surface area contributed by atoms with Crippen LogP contribution in [-0.2, 0) is 17.8 Å². The van der Waals surface area contributed by atoms with E-state index >= 15 is 0 Å². The molecule has 3 nitrogen and oxygen atoms in total. The molecule has 0 aliphatic carbocycles. The molecule has 1 aromatic rings. The first-order valence-electron chi connectivity index (χ1n) is 5.07. The summed E-state index contributed by atoms with van der Waals surface area (Å²) in [4.78, 5) is 12.4. The molecule has 1 heterocycles. The van der Waals surface area contributed by atoms with Crippen LogP contribution in [0.5, 0.6) is 0 Å². The van der Waals surface area contributed by atoms with Crippen LogP contribution in [0, 0.1) is 0 Å². The highest BCUT2D eigenvalue weighted by Crippen LogP contribution is 2.21. The monoisotopic (exact) mass is 202 g/mol. The molecule has 1 aromatic carbocycles. The van der Waals surface area contributed by atoms with Gasteiger partial charge in [-0.15, -0.1) is 0 Å². The average Bonchev–Trinajstić information content (AvgIpc) is 2.28. The largest absolute Gasteiger partial charge is 0.395 e. The lowest BCUT2D eigenvalue weighted by Gasteiger charge is -2.34. The van der Waals surface area contributed by atoms with E-state index in [4.69, 9.17) is 0 Å². The number of fused-ring (bicyclic) bond motifs is 1. The van der Waals surface area contributed by atoms with Crippen molar-refractivity contribution < 1.29 is 9.90 Å². The van der Waals surface area contributed by atoms with Gasteiger partial charge in [0, 0.05) is 12.6 Å². The van der Waals surface area contributed by atoms with E-state index in [1.807, 2.05) is 16.9 Å². The Morgan fingerprint density at radius 2 is 2.20 bits per heavy atom. The minimum absolute atomic E-state index is 0.0325. The Morgan fingerprint density at radius 3 is 2.87 bits per heavy atom. The summed E-state index contributed by atoms with van der Waals surface area (Å²) in [6.07, 6.45) is 1.58. The molecule has 0 saturated carbocycles. The van der Waals surface area contributed by atoms with Crippen molar-refractivity contribution in [1.82, 2.24) is 4.81 Å². The SMILES string of the molecule is O=C[B]N1Cc2ccccc2C[C@H]1CO. The molecule has 4 heteroatoms. The summed E-state index contributed by atoms with van der Waals surface area (Å²) >= 11 is 0. The van der Waals surface area contributed by atoms with E-state index in [9.17, 15) is 9.90 Å². The van der Waals surface area contributed by atoms with Gasteiger partial charge in [0.05, 0.1) is 12.8 Å². The lowest BCUT2D eigenvalue weighted by atomic mass is 9.84. The van der Waals surface area contributed by atoms with Crippen molar-refractivity contribution in [1.29, 1.82) is 0 Å². The molecule has 1 aliphatic rings. The Balaban J connectivity index is 2.22. The zero-order valence-corrected chi connectivity index (χ0v) is 8.47. The number of rotatable bonds is 3. The third-order valence-electron chi connectivity index (χ3n) is 2.86. The van der Waals surface area contributed by atoms with Crippen LogP contribution in [0.2, 0.25) is 0 Å². The van der Waals surface area contributed by atoms with Crippen LogP contribution in [0.4, 0.5) is 0 Å². The summed E-state index contributed by atoms with van der Waals surface area (Å²) < 4.78 is 0. The smallest absolute Gasteiger partial charge is 0.293 e. The Morgan fingerprint density at radius 1 is 1.47 bits per heavy atom. The van der Waals surface area contributed by atoms with Crippen LogP contribution >= 0.6 is 0 Å². The summed E-state index contributed by atoms with van der Waals surface area (Å²) in [5.74, 6) is 0. The fourth-order valence-electron chi connectivity index (χ4n) is 2.03. The first-order chi connectivity index (χ1) is 7.35. The molecule has 0 unspecified atom stereocenters. The molecule has 2 rings (SSSR count). The summed E-state index contributed by atoms with van der Waals surface area (Å²) in [6.45, 7) is 0.790. The molecule has 0 saturated heterocycles. The molecule has 1 N–H and O–H groups in total. The molecule has 0 aromatic heterocycles. The van der Waals surface area contributed by atoms with Crippen LogP contribution < -0.4 is 0 Å². The summed E-state index contributed by atoms with van der Waals surface area (Å²) in [5, 5.41) is 9.24. The highest BCUT2D eigenvalue weighted by atomic mass is 16.3. The molecule has 0 amide bonds. The van der Waals surface area contributed by atoms with E-state index in [1.54, 1.807) is 0 Å². The Kier molecular flexibility index (Phi) is 3.19. The van der Waals surface area contributed by atoms with Gasteiger partial charge in [-0.1, -0.05) is 24.3 Å². The van der Waals surface area contributed by atoms with Gasteiger partial charge in [0.15, 0.2) is 0 Å². The van der Waals surface area contributed by atoms with Gasteiger partial charge in [-0.25, -0.2) is 0 Å². The van der Waals surface area contributed by atoms with Crippen molar-refractivity contribution in [2.24, 2.45) is 0 Å². The van der Waals surface area contributed by atoms with Crippen LogP contribution in [-0.4, -0.2) is 36.2 Å². The summed E-state index contributed by atoms with van der Waals surface area (Å²) in [7, 11) is 1.51. The van der Waals surface area contributed by atoms with E-state index in [0.717, 1.165) is 12.6 Å². The molecule has 1 radical (unpaired) electrons. The number of hydrogen-bond acceptors (Lipinski definition) is 3. The fraction of sp³-hybridized carbons (Fsp3) is 0.364. The lowest BCUT2D eigenvalue weighted by Crippen LogP contribution is -2.45. The first-order valence-corrected chi connectivity index (χ1v) is 5.07. The summed E-state index contributed by atoms with van der Waals surface area (Å²) in [5.41, 5.74) is 2.51. The zero-order valence-electron chi connectivity index (χ0n) is 8.47. The number of aliphatic hydroxyl groups is 1. The van der Waals surface area contributed by atoms with E-state index in [2.05, 4.69) is 12.1 Å². The molecule has 1 aliphatic heterocycles. The predicted molar refractivity (Wildman–Crippen MR) is 59.1 cm³/mol. The summed E-state index contributed by atoms with van der Waals surface area (Å²) in [6, 6.07) is 8.18. The van der Waals surface area contributed by atoms with Crippen molar-refractivity contribution in [3.63, 3.8) is 0 Å². The van der Waals surface area contributed by atoms with Crippen LogP contribution in [0.3, 0.4) is 0 Å². The van der Waals surface area contributed by atoms with Gasteiger partial charge in [0.2, 0.25) is 0 Å². The third kappa shape index (κ3) is 2.11. The van der Waals surface area contributed by atoms with E-state index in [-0.39, 0.29) is 12.6 Å². The molecule has 15 heavy (non-hydrogen) atoms. The van der Waals surface area contributed by atoms with Crippen LogP contribution in [0.25, 0.3) is 0 Å². The van der Waals surface area contributed by atoms with Crippen molar-refractivity contribution in [2.45, 2.75) is 19.0 Å². The molecular formula is C11H13BNO2. The quantitative estimate of drug-likeness (QED) is 0.562. The van der Waals surface area contributed by atoms with Gasteiger partial charge in [0.25, 0.3) is 7.41 Å². The number of carbonyl (C=O) groups excluding carboxylic acids is 1. The lowest BCUT2D eigenvalue weighted by molar-refractivity contribution is 0.175. The fourth-order valence-corrected chi connectivity index (χ4v) is 2.03. The van der Waals surface area contributed by atoms with E-state index < -0.39 is 0 Å². The van der Waals surface area contributed by atoms with Gasteiger partial charge in [-0.05, 0) is 17.5 Å².